The Bertz CT molecular complexity index is 517. The van der Waals surface area contributed by atoms with Gasteiger partial charge >= 0.3 is 0 Å². The quantitative estimate of drug-likeness (QED) is 0.754. The minimum Gasteiger partial charge on any atom is -0.489 e. The van der Waals surface area contributed by atoms with Gasteiger partial charge in [0.15, 0.2) is 0 Å². The van der Waals surface area contributed by atoms with Gasteiger partial charge in [-0.1, -0.05) is 11.6 Å². The zero-order chi connectivity index (χ0) is 14.2. The Hall–Kier alpha value is -1.07. The zero-order valence-electron chi connectivity index (χ0n) is 11.4. The molecule has 2 aromatic rings. The number of halogens is 1. The number of hydrogen-bond acceptors (Lipinski definition) is 4. The van der Waals surface area contributed by atoms with Gasteiger partial charge in [-0.25, -0.2) is 0 Å². The van der Waals surface area contributed by atoms with E-state index >= 15 is 0 Å². The Balaban J connectivity index is 1.95. The van der Waals surface area contributed by atoms with Crippen molar-refractivity contribution >= 4 is 22.9 Å². The molecule has 0 aliphatic heterocycles. The van der Waals surface area contributed by atoms with E-state index in [4.69, 9.17) is 21.1 Å². The van der Waals surface area contributed by atoms with Crippen molar-refractivity contribution in [3.05, 3.63) is 51.2 Å². The molecule has 0 unspecified atom stereocenters. The first-order valence-corrected chi connectivity index (χ1v) is 7.73. The van der Waals surface area contributed by atoms with Gasteiger partial charge in [0.05, 0.1) is 6.61 Å². The van der Waals surface area contributed by atoms with E-state index in [0.29, 0.717) is 19.8 Å². The first-order chi connectivity index (χ1) is 9.79. The molecule has 20 heavy (non-hydrogen) atoms. The lowest BCUT2D eigenvalue weighted by molar-refractivity contribution is 0.199. The van der Waals surface area contributed by atoms with Crippen molar-refractivity contribution < 1.29 is 9.47 Å². The molecule has 2 rings (SSSR count). The number of rotatable bonds is 8. The highest BCUT2D eigenvalue weighted by Gasteiger charge is 2.05. The minimum atomic E-state index is 0.580. The Kier molecular flexibility index (Phi) is 6.33. The van der Waals surface area contributed by atoms with Gasteiger partial charge in [-0.05, 0) is 40.6 Å². The fraction of sp³-hybridized carbons (Fsp3) is 0.333. The zero-order valence-corrected chi connectivity index (χ0v) is 13.0. The van der Waals surface area contributed by atoms with Gasteiger partial charge in [-0.3, -0.25) is 0 Å². The lowest BCUT2D eigenvalue weighted by atomic mass is 10.2. The maximum atomic E-state index is 6.05. The smallest absolute Gasteiger partial charge is 0.124 e. The first kappa shape index (κ1) is 15.3. The highest BCUT2D eigenvalue weighted by molar-refractivity contribution is 7.07. The molecule has 0 aliphatic rings. The van der Waals surface area contributed by atoms with E-state index in [1.54, 1.807) is 18.4 Å². The van der Waals surface area contributed by atoms with Crippen molar-refractivity contribution in [1.82, 2.24) is 5.32 Å². The van der Waals surface area contributed by atoms with Gasteiger partial charge in [-0.2, -0.15) is 11.3 Å². The summed E-state index contributed by atoms with van der Waals surface area (Å²) < 4.78 is 10.9. The van der Waals surface area contributed by atoms with E-state index < -0.39 is 0 Å². The highest BCUT2D eigenvalue weighted by atomic mass is 35.5. The summed E-state index contributed by atoms with van der Waals surface area (Å²) in [4.78, 5) is 0. The number of thiophene rings is 1. The standard InChI is InChI=1S/C15H18ClNO2S/c1-18-6-5-17-9-13-8-14(16)2-3-15(13)19-10-12-4-7-20-11-12/h2-4,7-8,11,17H,5-6,9-10H2,1H3. The van der Waals surface area contributed by atoms with Crippen LogP contribution in [-0.4, -0.2) is 20.3 Å². The second-order valence-corrected chi connectivity index (χ2v) is 5.56. The minimum absolute atomic E-state index is 0.580. The number of benzene rings is 1. The molecule has 3 nitrogen and oxygen atoms in total. The second-order valence-electron chi connectivity index (χ2n) is 4.34. The summed E-state index contributed by atoms with van der Waals surface area (Å²) >= 11 is 7.72. The molecule has 0 spiro atoms. The summed E-state index contributed by atoms with van der Waals surface area (Å²) in [5.74, 6) is 0.866. The van der Waals surface area contributed by atoms with E-state index in [2.05, 4.69) is 16.8 Å². The molecule has 0 bridgehead atoms. The van der Waals surface area contributed by atoms with Gasteiger partial charge in [-0.15, -0.1) is 0 Å². The maximum absolute atomic E-state index is 6.05. The van der Waals surface area contributed by atoms with Crippen molar-refractivity contribution in [3.63, 3.8) is 0 Å². The molecule has 1 N–H and O–H groups in total. The third-order valence-electron chi connectivity index (χ3n) is 2.80. The van der Waals surface area contributed by atoms with Gasteiger partial charge in [0.25, 0.3) is 0 Å². The molecule has 0 saturated heterocycles. The second kappa shape index (κ2) is 8.27. The van der Waals surface area contributed by atoms with E-state index in [0.717, 1.165) is 22.9 Å². The van der Waals surface area contributed by atoms with Crippen molar-refractivity contribution in [2.24, 2.45) is 0 Å². The molecule has 1 aromatic heterocycles. The van der Waals surface area contributed by atoms with Crippen LogP contribution >= 0.6 is 22.9 Å². The van der Waals surface area contributed by atoms with Crippen LogP contribution < -0.4 is 10.1 Å². The van der Waals surface area contributed by atoms with Crippen LogP contribution in [0, 0.1) is 0 Å². The predicted molar refractivity (Wildman–Crippen MR) is 83.7 cm³/mol. The third-order valence-corrected chi connectivity index (χ3v) is 3.76. The van der Waals surface area contributed by atoms with Crippen molar-refractivity contribution in [2.45, 2.75) is 13.2 Å². The van der Waals surface area contributed by atoms with Crippen LogP contribution in [0.2, 0.25) is 5.02 Å². The lowest BCUT2D eigenvalue weighted by Crippen LogP contribution is -2.19. The monoisotopic (exact) mass is 311 g/mol. The fourth-order valence-corrected chi connectivity index (χ4v) is 2.61. The maximum Gasteiger partial charge on any atom is 0.124 e. The van der Waals surface area contributed by atoms with Crippen LogP contribution in [0.4, 0.5) is 0 Å². The van der Waals surface area contributed by atoms with Crippen LogP contribution in [0.5, 0.6) is 5.75 Å². The number of nitrogens with one attached hydrogen (secondary N) is 1. The lowest BCUT2D eigenvalue weighted by Gasteiger charge is -2.12. The Morgan fingerprint density at radius 1 is 1.30 bits per heavy atom. The fourth-order valence-electron chi connectivity index (χ4n) is 1.76. The third kappa shape index (κ3) is 4.80. The Morgan fingerprint density at radius 3 is 2.95 bits per heavy atom. The molecular weight excluding hydrogens is 294 g/mol. The van der Waals surface area contributed by atoms with E-state index in [9.17, 15) is 0 Å². The van der Waals surface area contributed by atoms with E-state index in [1.165, 1.54) is 5.56 Å². The molecule has 0 atom stereocenters. The molecule has 0 fully saturated rings. The van der Waals surface area contributed by atoms with Crippen molar-refractivity contribution in [3.8, 4) is 5.75 Å². The van der Waals surface area contributed by atoms with Crippen molar-refractivity contribution in [1.29, 1.82) is 0 Å². The average molecular weight is 312 g/mol. The van der Waals surface area contributed by atoms with Crippen LogP contribution in [0.1, 0.15) is 11.1 Å². The topological polar surface area (TPSA) is 30.5 Å². The molecule has 5 heteroatoms. The molecular formula is C15H18ClNO2S. The Morgan fingerprint density at radius 2 is 2.20 bits per heavy atom. The van der Waals surface area contributed by atoms with Crippen molar-refractivity contribution in [2.75, 3.05) is 20.3 Å². The molecule has 0 aliphatic carbocycles. The van der Waals surface area contributed by atoms with E-state index in [-0.39, 0.29) is 0 Å². The summed E-state index contributed by atoms with van der Waals surface area (Å²) in [5, 5.41) is 8.16. The van der Waals surface area contributed by atoms with Crippen LogP contribution in [0.3, 0.4) is 0 Å². The summed E-state index contributed by atoms with van der Waals surface area (Å²) in [6.45, 7) is 2.78. The number of methoxy groups -OCH3 is 1. The Labute approximate surface area is 128 Å². The van der Waals surface area contributed by atoms with Gasteiger partial charge in [0.2, 0.25) is 0 Å². The highest BCUT2D eigenvalue weighted by Crippen LogP contribution is 2.24. The summed E-state index contributed by atoms with van der Waals surface area (Å²) in [5.41, 5.74) is 2.24. The normalized spacial score (nSPS) is 10.7. The molecule has 0 saturated carbocycles. The summed E-state index contributed by atoms with van der Waals surface area (Å²) in [6, 6.07) is 7.77. The molecule has 1 heterocycles. The summed E-state index contributed by atoms with van der Waals surface area (Å²) in [6.07, 6.45) is 0. The van der Waals surface area contributed by atoms with Crippen LogP contribution in [0.25, 0.3) is 0 Å². The van der Waals surface area contributed by atoms with Crippen LogP contribution in [0.15, 0.2) is 35.0 Å². The largest absolute Gasteiger partial charge is 0.489 e. The number of ether oxygens (including phenoxy) is 2. The molecule has 0 radical (unpaired) electrons. The molecule has 108 valence electrons. The SMILES string of the molecule is COCCNCc1cc(Cl)ccc1OCc1ccsc1. The van der Waals surface area contributed by atoms with Gasteiger partial charge in [0, 0.05) is 30.8 Å². The van der Waals surface area contributed by atoms with Gasteiger partial charge in [0.1, 0.15) is 12.4 Å². The van der Waals surface area contributed by atoms with Crippen LogP contribution in [-0.2, 0) is 17.9 Å². The molecule has 0 amide bonds. The first-order valence-electron chi connectivity index (χ1n) is 6.41. The summed E-state index contributed by atoms with van der Waals surface area (Å²) in [7, 11) is 1.69. The van der Waals surface area contributed by atoms with E-state index in [1.807, 2.05) is 23.6 Å². The van der Waals surface area contributed by atoms with Gasteiger partial charge < -0.3 is 14.8 Å². The molecule has 1 aromatic carbocycles. The average Bonchev–Trinajstić information content (AvgIpc) is 2.96. The number of hydrogen-bond donors (Lipinski definition) is 1. The predicted octanol–water partition coefficient (Wildman–Crippen LogP) is 3.72.